The lowest BCUT2D eigenvalue weighted by molar-refractivity contribution is 0.387. The summed E-state index contributed by atoms with van der Waals surface area (Å²) in [6.07, 6.45) is 6.90. The van der Waals surface area contributed by atoms with Crippen molar-refractivity contribution in [2.75, 3.05) is 50.6 Å². The Morgan fingerprint density at radius 3 is 2.36 bits per heavy atom. The molecule has 2 atom stereocenters. The maximum atomic E-state index is 5.73. The van der Waals surface area contributed by atoms with E-state index in [0.717, 1.165) is 34.2 Å². The van der Waals surface area contributed by atoms with Crippen LogP contribution in [0.3, 0.4) is 0 Å². The molecule has 2 aromatic carbocycles. The lowest BCUT2D eigenvalue weighted by Gasteiger charge is -2.21. The quantitative estimate of drug-likeness (QED) is 0.596. The summed E-state index contributed by atoms with van der Waals surface area (Å²) in [5, 5.41) is 4.50. The number of methoxy groups -OCH3 is 1. The minimum atomic E-state index is 0.519. The number of aromatic nitrogens is 2. The lowest BCUT2D eigenvalue weighted by atomic mass is 9.94. The Kier molecular flexibility index (Phi) is 5.33. The summed E-state index contributed by atoms with van der Waals surface area (Å²) < 4.78 is 5.73. The van der Waals surface area contributed by atoms with E-state index >= 15 is 0 Å². The second-order valence-electron chi connectivity index (χ2n) is 10.1. The van der Waals surface area contributed by atoms with Crippen LogP contribution in [0.25, 0.3) is 10.9 Å². The molecule has 2 saturated heterocycles. The zero-order valence-corrected chi connectivity index (χ0v) is 19.6. The predicted molar refractivity (Wildman–Crippen MR) is 134 cm³/mol. The molecule has 3 aromatic rings. The van der Waals surface area contributed by atoms with Gasteiger partial charge in [0.15, 0.2) is 0 Å². The topological polar surface area (TPSA) is 53.5 Å². The monoisotopic (exact) mass is 443 g/mol. The van der Waals surface area contributed by atoms with E-state index in [1.807, 2.05) is 6.20 Å². The first-order valence-electron chi connectivity index (χ1n) is 12.3. The molecule has 172 valence electrons. The highest BCUT2D eigenvalue weighted by Crippen LogP contribution is 2.42. The summed E-state index contributed by atoms with van der Waals surface area (Å²) in [7, 11) is 4.00. The van der Waals surface area contributed by atoms with Crippen molar-refractivity contribution >= 4 is 28.2 Å². The van der Waals surface area contributed by atoms with Gasteiger partial charge in [0.1, 0.15) is 5.75 Å². The van der Waals surface area contributed by atoms with Crippen molar-refractivity contribution in [1.82, 2.24) is 14.9 Å². The van der Waals surface area contributed by atoms with Gasteiger partial charge in [-0.3, -0.25) is 0 Å². The number of fused-ring (bicyclic) bond motifs is 2. The first-order chi connectivity index (χ1) is 16.2. The third-order valence-corrected chi connectivity index (χ3v) is 7.89. The zero-order valence-electron chi connectivity index (χ0n) is 19.6. The highest BCUT2D eigenvalue weighted by atomic mass is 16.5. The van der Waals surface area contributed by atoms with E-state index in [-0.39, 0.29) is 0 Å². The Bertz CT molecular complexity index is 1130. The predicted octanol–water partition coefficient (Wildman–Crippen LogP) is 5.04. The van der Waals surface area contributed by atoms with Crippen LogP contribution in [-0.4, -0.2) is 55.2 Å². The van der Waals surface area contributed by atoms with Gasteiger partial charge in [0, 0.05) is 54.7 Å². The van der Waals surface area contributed by atoms with Gasteiger partial charge in [-0.1, -0.05) is 12.8 Å². The van der Waals surface area contributed by atoms with E-state index in [1.165, 1.54) is 63.1 Å². The van der Waals surface area contributed by atoms with E-state index in [0.29, 0.717) is 11.9 Å². The Labute approximate surface area is 196 Å². The van der Waals surface area contributed by atoms with Gasteiger partial charge < -0.3 is 19.9 Å². The van der Waals surface area contributed by atoms with E-state index < -0.39 is 0 Å². The molecule has 1 N–H and O–H groups in total. The fraction of sp³-hybridized carbons (Fsp3) is 0.481. The van der Waals surface area contributed by atoms with E-state index in [4.69, 9.17) is 9.72 Å². The molecular formula is C27H33N5O. The van der Waals surface area contributed by atoms with Crippen molar-refractivity contribution in [3.05, 3.63) is 48.2 Å². The van der Waals surface area contributed by atoms with Crippen LogP contribution in [-0.2, 0) is 0 Å². The van der Waals surface area contributed by atoms with Gasteiger partial charge in [0.05, 0.1) is 12.6 Å². The number of nitrogens with zero attached hydrogens (tertiary/aromatic N) is 4. The van der Waals surface area contributed by atoms with Crippen LogP contribution >= 0.6 is 0 Å². The second-order valence-corrected chi connectivity index (χ2v) is 10.1. The lowest BCUT2D eigenvalue weighted by Crippen LogP contribution is -2.26. The number of likely N-dealkylation sites (tertiary alicyclic amines) is 1. The maximum absolute atomic E-state index is 5.73. The largest absolute Gasteiger partial charge is 0.496 e. The molecule has 6 rings (SSSR count). The third-order valence-electron chi connectivity index (χ3n) is 7.89. The summed E-state index contributed by atoms with van der Waals surface area (Å²) in [6, 6.07) is 12.9. The minimum Gasteiger partial charge on any atom is -0.496 e. The molecule has 6 nitrogen and oxygen atoms in total. The van der Waals surface area contributed by atoms with Gasteiger partial charge in [0.25, 0.3) is 0 Å². The molecular weight excluding hydrogens is 410 g/mol. The smallest absolute Gasteiger partial charge is 0.227 e. The Balaban J connectivity index is 1.22. The van der Waals surface area contributed by atoms with Crippen LogP contribution in [0.2, 0.25) is 0 Å². The van der Waals surface area contributed by atoms with Crippen molar-refractivity contribution < 1.29 is 4.74 Å². The zero-order chi connectivity index (χ0) is 22.4. The fourth-order valence-corrected chi connectivity index (χ4v) is 6.27. The molecule has 1 saturated carbocycles. The molecule has 0 radical (unpaired) electrons. The van der Waals surface area contributed by atoms with Crippen molar-refractivity contribution in [1.29, 1.82) is 0 Å². The van der Waals surface area contributed by atoms with Crippen molar-refractivity contribution in [2.24, 2.45) is 11.8 Å². The third kappa shape index (κ3) is 3.90. The molecule has 1 aromatic heterocycles. The van der Waals surface area contributed by atoms with Gasteiger partial charge >= 0.3 is 0 Å². The van der Waals surface area contributed by atoms with E-state index in [9.17, 15) is 0 Å². The number of nitrogens with one attached hydrogen (secondary N) is 1. The molecule has 2 unspecified atom stereocenters. The van der Waals surface area contributed by atoms with Crippen LogP contribution in [0.4, 0.5) is 17.3 Å². The first kappa shape index (κ1) is 20.7. The van der Waals surface area contributed by atoms with Gasteiger partial charge in [-0.15, -0.1) is 0 Å². The van der Waals surface area contributed by atoms with Crippen LogP contribution in [0.1, 0.15) is 37.2 Å². The van der Waals surface area contributed by atoms with Gasteiger partial charge in [-0.2, -0.15) is 0 Å². The maximum Gasteiger partial charge on any atom is 0.227 e. The second kappa shape index (κ2) is 8.49. The Hall–Kier alpha value is -2.86. The van der Waals surface area contributed by atoms with Crippen LogP contribution in [0, 0.1) is 11.8 Å². The van der Waals surface area contributed by atoms with Gasteiger partial charge in [0.2, 0.25) is 5.95 Å². The van der Waals surface area contributed by atoms with Crippen LogP contribution in [0.15, 0.2) is 42.6 Å². The Morgan fingerprint density at radius 1 is 0.939 bits per heavy atom. The summed E-state index contributed by atoms with van der Waals surface area (Å²) in [5.41, 5.74) is 4.59. The van der Waals surface area contributed by atoms with Gasteiger partial charge in [-0.05, 0) is 74.0 Å². The highest BCUT2D eigenvalue weighted by molar-refractivity contribution is 5.85. The van der Waals surface area contributed by atoms with Crippen LogP contribution < -0.4 is 15.0 Å². The van der Waals surface area contributed by atoms with Crippen LogP contribution in [0.5, 0.6) is 5.75 Å². The molecule has 3 aliphatic rings. The fourth-order valence-electron chi connectivity index (χ4n) is 6.27. The summed E-state index contributed by atoms with van der Waals surface area (Å²) in [6.45, 7) is 4.80. The number of benzene rings is 2. The molecule has 1 aliphatic carbocycles. The first-order valence-corrected chi connectivity index (χ1v) is 12.3. The average Bonchev–Trinajstić information content (AvgIpc) is 3.56. The summed E-state index contributed by atoms with van der Waals surface area (Å²) in [4.78, 5) is 14.6. The Morgan fingerprint density at radius 2 is 1.67 bits per heavy atom. The van der Waals surface area contributed by atoms with Crippen molar-refractivity contribution in [3.63, 3.8) is 0 Å². The number of rotatable bonds is 5. The average molecular weight is 444 g/mol. The summed E-state index contributed by atoms with van der Waals surface area (Å²) >= 11 is 0. The van der Waals surface area contributed by atoms with Crippen molar-refractivity contribution in [2.45, 2.75) is 31.6 Å². The summed E-state index contributed by atoms with van der Waals surface area (Å²) in [5.74, 6) is 3.73. The molecule has 3 fully saturated rings. The molecule has 2 aliphatic heterocycles. The standard InChI is InChI=1S/C27H33N5O/c1-31-14-20-16-32(17-21(20)15-31)23-10-8-22(9-11-23)29-27-28-13-19-7-12-24(33-2)25(26(19)30-27)18-5-3-4-6-18/h7-13,18,20-21H,3-6,14-17H2,1-2H3,(H,28,29,30). The molecule has 0 amide bonds. The number of hydrogen-bond donors (Lipinski definition) is 1. The molecule has 6 heteroatoms. The number of anilines is 3. The van der Waals surface area contributed by atoms with E-state index in [2.05, 4.69) is 63.5 Å². The number of ether oxygens (including phenoxy) is 1. The molecule has 0 bridgehead atoms. The molecule has 33 heavy (non-hydrogen) atoms. The number of hydrogen-bond acceptors (Lipinski definition) is 6. The molecule has 3 heterocycles. The molecule has 0 spiro atoms. The minimum absolute atomic E-state index is 0.519. The highest BCUT2D eigenvalue weighted by Gasteiger charge is 2.38. The van der Waals surface area contributed by atoms with Gasteiger partial charge in [-0.25, -0.2) is 9.97 Å². The normalized spacial score (nSPS) is 23.4. The van der Waals surface area contributed by atoms with E-state index in [1.54, 1.807) is 7.11 Å². The SMILES string of the molecule is COc1ccc2cnc(Nc3ccc(N4CC5CN(C)CC5C4)cc3)nc2c1C1CCCC1. The van der Waals surface area contributed by atoms with Crippen molar-refractivity contribution in [3.8, 4) is 5.75 Å².